The predicted octanol–water partition coefficient (Wildman–Crippen LogP) is 1.24. The first-order chi connectivity index (χ1) is 10.6. The van der Waals surface area contributed by atoms with Gasteiger partial charge in [0.15, 0.2) is 9.84 Å². The molecule has 1 fully saturated rings. The Labute approximate surface area is 131 Å². The molecule has 1 unspecified atom stereocenters. The van der Waals surface area contributed by atoms with Crippen molar-refractivity contribution >= 4 is 15.7 Å². The largest absolute Gasteiger partial charge is 0.368 e. The zero-order valence-electron chi connectivity index (χ0n) is 12.5. The molecule has 5 nitrogen and oxygen atoms in total. The third-order valence-corrected chi connectivity index (χ3v) is 6.15. The number of carbonyl (C=O) groups excluding carboxylic acids is 1. The molecule has 1 saturated heterocycles. The van der Waals surface area contributed by atoms with E-state index < -0.39 is 9.84 Å². The first kappa shape index (κ1) is 15.5. The van der Waals surface area contributed by atoms with Crippen LogP contribution in [0.5, 0.6) is 0 Å². The van der Waals surface area contributed by atoms with Crippen LogP contribution >= 0.6 is 0 Å². The lowest BCUT2D eigenvalue weighted by Crippen LogP contribution is -2.35. The third kappa shape index (κ3) is 3.33. The van der Waals surface area contributed by atoms with Gasteiger partial charge in [-0.2, -0.15) is 0 Å². The highest BCUT2D eigenvalue weighted by atomic mass is 32.2. The van der Waals surface area contributed by atoms with Gasteiger partial charge in [0.1, 0.15) is 6.10 Å². The van der Waals surface area contributed by atoms with Crippen molar-refractivity contribution in [3.63, 3.8) is 0 Å². The zero-order valence-corrected chi connectivity index (χ0v) is 13.3. The van der Waals surface area contributed by atoms with Crippen molar-refractivity contribution in [2.75, 3.05) is 18.9 Å². The van der Waals surface area contributed by atoms with E-state index in [4.69, 9.17) is 4.74 Å². The van der Waals surface area contributed by atoms with Crippen LogP contribution in [0.1, 0.15) is 30.4 Å². The highest BCUT2D eigenvalue weighted by molar-refractivity contribution is 7.91. The van der Waals surface area contributed by atoms with Gasteiger partial charge in [-0.05, 0) is 49.3 Å². The normalized spacial score (nSPS) is 23.0. The molecule has 1 amide bonds. The Hall–Kier alpha value is -1.40. The highest BCUT2D eigenvalue weighted by Gasteiger charge is 2.24. The van der Waals surface area contributed by atoms with Gasteiger partial charge in [-0.15, -0.1) is 0 Å². The van der Waals surface area contributed by atoms with Crippen LogP contribution in [0, 0.1) is 0 Å². The Kier molecular flexibility index (Phi) is 4.49. The van der Waals surface area contributed by atoms with E-state index in [1.54, 1.807) is 6.07 Å². The second-order valence-corrected chi connectivity index (χ2v) is 7.98. The van der Waals surface area contributed by atoms with Gasteiger partial charge < -0.3 is 10.1 Å². The first-order valence-corrected chi connectivity index (χ1v) is 9.45. The predicted molar refractivity (Wildman–Crippen MR) is 82.5 cm³/mol. The molecule has 3 rings (SSSR count). The van der Waals surface area contributed by atoms with E-state index in [9.17, 15) is 13.2 Å². The van der Waals surface area contributed by atoms with Gasteiger partial charge in [-0.3, -0.25) is 4.79 Å². The Morgan fingerprint density at radius 3 is 2.95 bits per heavy atom. The average molecular weight is 323 g/mol. The minimum absolute atomic E-state index is 0.0435. The number of nitrogens with one attached hydrogen (secondary N) is 1. The van der Waals surface area contributed by atoms with Crippen LogP contribution < -0.4 is 5.32 Å². The van der Waals surface area contributed by atoms with Crippen molar-refractivity contribution < 1.29 is 17.9 Å². The molecule has 1 aromatic carbocycles. The monoisotopic (exact) mass is 323 g/mol. The van der Waals surface area contributed by atoms with Gasteiger partial charge in [0.25, 0.3) is 0 Å². The summed E-state index contributed by atoms with van der Waals surface area (Å²) >= 11 is 0. The Bertz CT molecular complexity index is 663. The summed E-state index contributed by atoms with van der Waals surface area (Å²) in [6, 6.07) is 5.52. The SMILES string of the molecule is O=C(NCCc1ccc2c(c1)CCCS2(=O)=O)C1CCCO1. The van der Waals surface area contributed by atoms with Crippen molar-refractivity contribution in [1.82, 2.24) is 5.32 Å². The van der Waals surface area contributed by atoms with Crippen LogP contribution in [-0.2, 0) is 32.2 Å². The quantitative estimate of drug-likeness (QED) is 0.905. The summed E-state index contributed by atoms with van der Waals surface area (Å²) in [6.07, 6.45) is 3.64. The summed E-state index contributed by atoms with van der Waals surface area (Å²) in [7, 11) is -3.09. The number of benzene rings is 1. The van der Waals surface area contributed by atoms with Gasteiger partial charge in [0.05, 0.1) is 10.6 Å². The number of fused-ring (bicyclic) bond motifs is 1. The van der Waals surface area contributed by atoms with E-state index in [0.717, 1.165) is 30.4 Å². The summed E-state index contributed by atoms with van der Waals surface area (Å²) in [4.78, 5) is 12.3. The molecule has 0 saturated carbocycles. The number of aryl methyl sites for hydroxylation is 1. The van der Waals surface area contributed by atoms with E-state index in [1.807, 2.05) is 12.1 Å². The molecule has 0 spiro atoms. The van der Waals surface area contributed by atoms with Gasteiger partial charge in [0, 0.05) is 13.2 Å². The van der Waals surface area contributed by atoms with E-state index in [2.05, 4.69) is 5.32 Å². The lowest BCUT2D eigenvalue weighted by atomic mass is 10.0. The van der Waals surface area contributed by atoms with Crippen molar-refractivity contribution in [2.24, 2.45) is 0 Å². The van der Waals surface area contributed by atoms with Gasteiger partial charge in [0.2, 0.25) is 5.91 Å². The van der Waals surface area contributed by atoms with Gasteiger partial charge in [-0.25, -0.2) is 8.42 Å². The van der Waals surface area contributed by atoms with Gasteiger partial charge in [-0.1, -0.05) is 12.1 Å². The van der Waals surface area contributed by atoms with Crippen molar-refractivity contribution in [2.45, 2.75) is 43.1 Å². The summed E-state index contributed by atoms with van der Waals surface area (Å²) in [5.74, 6) is 0.203. The molecule has 2 aliphatic heterocycles. The molecule has 1 aromatic rings. The third-order valence-electron chi connectivity index (χ3n) is 4.25. The number of hydrogen-bond donors (Lipinski definition) is 1. The summed E-state index contributed by atoms with van der Waals surface area (Å²) in [5, 5.41) is 2.89. The Morgan fingerprint density at radius 1 is 1.32 bits per heavy atom. The molecule has 2 heterocycles. The van der Waals surface area contributed by atoms with Crippen LogP contribution in [0.15, 0.2) is 23.1 Å². The van der Waals surface area contributed by atoms with Crippen molar-refractivity contribution in [3.05, 3.63) is 29.3 Å². The molecule has 22 heavy (non-hydrogen) atoms. The maximum Gasteiger partial charge on any atom is 0.249 e. The number of ether oxygens (including phenoxy) is 1. The topological polar surface area (TPSA) is 72.5 Å². The fourth-order valence-electron chi connectivity index (χ4n) is 3.08. The molecule has 2 aliphatic rings. The standard InChI is InChI=1S/C16H21NO4S/c18-16(14-4-1-9-21-14)17-8-7-12-5-6-15-13(11-12)3-2-10-22(15,19)20/h5-6,11,14H,1-4,7-10H2,(H,17,18). The molecular formula is C16H21NO4S. The van der Waals surface area contributed by atoms with Gasteiger partial charge >= 0.3 is 0 Å². The maximum atomic E-state index is 12.0. The second kappa shape index (κ2) is 6.38. The second-order valence-electron chi connectivity index (χ2n) is 5.91. The molecule has 0 radical (unpaired) electrons. The number of sulfone groups is 1. The number of amides is 1. The zero-order chi connectivity index (χ0) is 15.6. The molecule has 0 aliphatic carbocycles. The molecule has 1 atom stereocenters. The number of carbonyl (C=O) groups is 1. The molecule has 1 N–H and O–H groups in total. The van der Waals surface area contributed by atoms with Crippen LogP contribution in [0.25, 0.3) is 0 Å². The molecule has 0 aromatic heterocycles. The lowest BCUT2D eigenvalue weighted by Gasteiger charge is -2.17. The van der Waals surface area contributed by atoms with Crippen LogP contribution in [0.2, 0.25) is 0 Å². The summed E-state index contributed by atoms with van der Waals surface area (Å²) in [6.45, 7) is 1.21. The average Bonchev–Trinajstić information content (AvgIpc) is 3.01. The highest BCUT2D eigenvalue weighted by Crippen LogP contribution is 2.25. The van der Waals surface area contributed by atoms with Crippen LogP contribution in [-0.4, -0.2) is 39.3 Å². The summed E-state index contributed by atoms with van der Waals surface area (Å²) in [5.41, 5.74) is 1.97. The Morgan fingerprint density at radius 2 is 2.18 bits per heavy atom. The van der Waals surface area contributed by atoms with E-state index in [0.29, 0.717) is 30.9 Å². The van der Waals surface area contributed by atoms with E-state index in [-0.39, 0.29) is 17.8 Å². The molecule has 6 heteroatoms. The lowest BCUT2D eigenvalue weighted by molar-refractivity contribution is -0.129. The molecule has 0 bridgehead atoms. The molecule has 120 valence electrons. The minimum Gasteiger partial charge on any atom is -0.368 e. The van der Waals surface area contributed by atoms with Crippen LogP contribution in [0.4, 0.5) is 0 Å². The number of hydrogen-bond acceptors (Lipinski definition) is 4. The fraction of sp³-hybridized carbons (Fsp3) is 0.562. The van der Waals surface area contributed by atoms with E-state index >= 15 is 0 Å². The minimum atomic E-state index is -3.09. The Balaban J connectivity index is 1.58. The smallest absolute Gasteiger partial charge is 0.249 e. The first-order valence-electron chi connectivity index (χ1n) is 7.80. The fourth-order valence-corrected chi connectivity index (χ4v) is 4.66. The van der Waals surface area contributed by atoms with Crippen LogP contribution in [0.3, 0.4) is 0 Å². The maximum absolute atomic E-state index is 12.0. The van der Waals surface area contributed by atoms with Crippen molar-refractivity contribution in [3.8, 4) is 0 Å². The summed E-state index contributed by atoms with van der Waals surface area (Å²) < 4.78 is 29.3. The van der Waals surface area contributed by atoms with Crippen molar-refractivity contribution in [1.29, 1.82) is 0 Å². The van der Waals surface area contributed by atoms with E-state index in [1.165, 1.54) is 0 Å². The molecular weight excluding hydrogens is 302 g/mol. The number of rotatable bonds is 4.